The topological polar surface area (TPSA) is 35.5 Å². The van der Waals surface area contributed by atoms with Gasteiger partial charge in [-0.1, -0.05) is 55.8 Å². The Balaban J connectivity index is 2.19. The Morgan fingerprint density at radius 1 is 1.04 bits per heavy atom. The predicted octanol–water partition coefficient (Wildman–Crippen LogP) is 5.15. The number of ether oxygens (including phenoxy) is 2. The molecule has 0 radical (unpaired) electrons. The molecule has 140 valence electrons. The van der Waals surface area contributed by atoms with Crippen LogP contribution in [-0.4, -0.2) is 19.2 Å². The number of carbonyl (C=O) groups excluding carboxylic acids is 1. The van der Waals surface area contributed by atoms with Crippen molar-refractivity contribution < 1.29 is 27.4 Å². The van der Waals surface area contributed by atoms with Crippen molar-refractivity contribution in [2.24, 2.45) is 0 Å². The van der Waals surface area contributed by atoms with Gasteiger partial charge in [-0.2, -0.15) is 13.2 Å². The highest BCUT2D eigenvalue weighted by atomic mass is 19.4. The van der Waals surface area contributed by atoms with E-state index in [1.54, 1.807) is 36.4 Å². The Morgan fingerprint density at radius 2 is 1.73 bits per heavy atom. The summed E-state index contributed by atoms with van der Waals surface area (Å²) in [5, 5.41) is 0. The molecule has 2 aromatic rings. The Hall–Kier alpha value is -2.34. The second kappa shape index (κ2) is 9.38. The van der Waals surface area contributed by atoms with Crippen molar-refractivity contribution in [2.45, 2.75) is 32.0 Å². The molecule has 3 nitrogen and oxygen atoms in total. The maximum absolute atomic E-state index is 13.0. The molecule has 0 N–H and O–H groups in total. The van der Waals surface area contributed by atoms with E-state index in [0.717, 1.165) is 25.0 Å². The lowest BCUT2D eigenvalue weighted by atomic mass is 9.99. The summed E-state index contributed by atoms with van der Waals surface area (Å²) in [6.45, 7) is 1.95. The summed E-state index contributed by atoms with van der Waals surface area (Å²) in [7, 11) is 0. The third kappa shape index (κ3) is 5.88. The third-order valence-corrected chi connectivity index (χ3v) is 3.75. The fourth-order valence-electron chi connectivity index (χ4n) is 2.41. The van der Waals surface area contributed by atoms with Gasteiger partial charge in [-0.15, -0.1) is 0 Å². The molecule has 6 heteroatoms. The van der Waals surface area contributed by atoms with Crippen molar-refractivity contribution in [2.75, 3.05) is 13.2 Å². The molecule has 0 aromatic heterocycles. The van der Waals surface area contributed by atoms with Crippen LogP contribution in [0.1, 0.15) is 42.6 Å². The minimum absolute atomic E-state index is 0.304. The van der Waals surface area contributed by atoms with Crippen LogP contribution < -0.4 is 0 Å². The van der Waals surface area contributed by atoms with Crippen LogP contribution in [0.2, 0.25) is 0 Å². The smallest absolute Gasteiger partial charge is 0.416 e. The molecule has 0 saturated carbocycles. The van der Waals surface area contributed by atoms with Crippen LogP contribution in [0.3, 0.4) is 0 Å². The monoisotopic (exact) mass is 366 g/mol. The van der Waals surface area contributed by atoms with Gasteiger partial charge in [0.1, 0.15) is 12.7 Å². The van der Waals surface area contributed by atoms with Gasteiger partial charge in [-0.05, 0) is 29.7 Å². The lowest BCUT2D eigenvalue weighted by Crippen LogP contribution is -2.17. The van der Waals surface area contributed by atoms with Crippen LogP contribution in [0.4, 0.5) is 13.2 Å². The van der Waals surface area contributed by atoms with Gasteiger partial charge in [0.2, 0.25) is 0 Å². The minimum Gasteiger partial charge on any atom is -0.464 e. The van der Waals surface area contributed by atoms with Crippen molar-refractivity contribution in [3.63, 3.8) is 0 Å². The summed E-state index contributed by atoms with van der Waals surface area (Å²) in [6, 6.07) is 13.7. The molecule has 0 amide bonds. The quantitative estimate of drug-likeness (QED) is 0.478. The van der Waals surface area contributed by atoms with Crippen molar-refractivity contribution in [3.05, 3.63) is 71.3 Å². The van der Waals surface area contributed by atoms with Gasteiger partial charge >= 0.3 is 12.1 Å². The lowest BCUT2D eigenvalue weighted by molar-refractivity contribution is -0.150. The van der Waals surface area contributed by atoms with Crippen molar-refractivity contribution in [1.29, 1.82) is 0 Å². The first-order valence-electron chi connectivity index (χ1n) is 8.41. The van der Waals surface area contributed by atoms with Crippen LogP contribution in [0, 0.1) is 0 Å². The van der Waals surface area contributed by atoms with Crippen LogP contribution in [0.15, 0.2) is 54.6 Å². The molecule has 0 aliphatic rings. The van der Waals surface area contributed by atoms with E-state index in [1.807, 2.05) is 6.92 Å². The summed E-state index contributed by atoms with van der Waals surface area (Å²) in [6.07, 6.45) is -3.60. The van der Waals surface area contributed by atoms with Crippen molar-refractivity contribution in [3.8, 4) is 0 Å². The van der Waals surface area contributed by atoms with Gasteiger partial charge in [0.05, 0.1) is 12.2 Å². The van der Waals surface area contributed by atoms with Gasteiger partial charge in [0, 0.05) is 0 Å². The van der Waals surface area contributed by atoms with E-state index in [-0.39, 0.29) is 6.61 Å². The summed E-state index contributed by atoms with van der Waals surface area (Å²) in [4.78, 5) is 11.8. The maximum Gasteiger partial charge on any atom is 0.416 e. The first-order valence-corrected chi connectivity index (χ1v) is 8.41. The largest absolute Gasteiger partial charge is 0.464 e. The van der Waals surface area contributed by atoms with Crippen molar-refractivity contribution >= 4 is 5.97 Å². The van der Waals surface area contributed by atoms with Gasteiger partial charge in [-0.25, -0.2) is 4.79 Å². The molecule has 0 aliphatic heterocycles. The summed E-state index contributed by atoms with van der Waals surface area (Å²) >= 11 is 0. The van der Waals surface area contributed by atoms with Gasteiger partial charge in [-0.3, -0.25) is 0 Å². The average Bonchev–Trinajstić information content (AvgIpc) is 2.62. The van der Waals surface area contributed by atoms with Crippen LogP contribution in [0.25, 0.3) is 0 Å². The number of esters is 1. The molecule has 0 saturated heterocycles. The number of unbranched alkanes of at least 4 members (excludes halogenated alkanes) is 1. The third-order valence-electron chi connectivity index (χ3n) is 3.75. The number of halogens is 3. The summed E-state index contributed by atoms with van der Waals surface area (Å²) in [5.74, 6) is -0.536. The molecule has 0 aliphatic carbocycles. The van der Waals surface area contributed by atoms with E-state index >= 15 is 0 Å². The normalized spacial score (nSPS) is 12.6. The highest BCUT2D eigenvalue weighted by Gasteiger charge is 2.31. The molecular weight excluding hydrogens is 345 g/mol. The molecule has 2 aromatic carbocycles. The van der Waals surface area contributed by atoms with E-state index in [9.17, 15) is 18.0 Å². The highest BCUT2D eigenvalue weighted by molar-refractivity contribution is 5.70. The molecular formula is C20H21F3O3. The van der Waals surface area contributed by atoms with Crippen LogP contribution in [-0.2, 0) is 20.4 Å². The zero-order chi connectivity index (χ0) is 19.0. The SMILES string of the molecule is CCCCOC(=O)COC(c1ccccc1)c1cccc(C(F)(F)F)c1. The Labute approximate surface area is 150 Å². The van der Waals surface area contributed by atoms with Gasteiger partial charge in [0.25, 0.3) is 0 Å². The number of hydrogen-bond donors (Lipinski definition) is 0. The average molecular weight is 366 g/mol. The number of carbonyl (C=O) groups is 1. The fourth-order valence-corrected chi connectivity index (χ4v) is 2.41. The second-order valence-corrected chi connectivity index (χ2v) is 5.80. The van der Waals surface area contributed by atoms with E-state index < -0.39 is 23.8 Å². The predicted molar refractivity (Wildman–Crippen MR) is 91.5 cm³/mol. The Morgan fingerprint density at radius 3 is 2.38 bits per heavy atom. The first-order chi connectivity index (χ1) is 12.4. The zero-order valence-corrected chi connectivity index (χ0v) is 14.5. The molecule has 1 atom stereocenters. The fraction of sp³-hybridized carbons (Fsp3) is 0.350. The van der Waals surface area contributed by atoms with Crippen LogP contribution >= 0.6 is 0 Å². The molecule has 0 bridgehead atoms. The zero-order valence-electron chi connectivity index (χ0n) is 14.5. The van der Waals surface area contributed by atoms with Crippen molar-refractivity contribution in [1.82, 2.24) is 0 Å². The molecule has 0 fully saturated rings. The Kier molecular flexibility index (Phi) is 7.21. The maximum atomic E-state index is 13.0. The van der Waals surface area contributed by atoms with Crippen LogP contribution in [0.5, 0.6) is 0 Å². The lowest BCUT2D eigenvalue weighted by Gasteiger charge is -2.20. The number of rotatable bonds is 8. The van der Waals surface area contributed by atoms with Gasteiger partial charge in [0.15, 0.2) is 0 Å². The van der Waals surface area contributed by atoms with E-state index in [2.05, 4.69) is 0 Å². The summed E-state index contributed by atoms with van der Waals surface area (Å²) in [5.41, 5.74) is 0.227. The van der Waals surface area contributed by atoms with E-state index in [0.29, 0.717) is 17.7 Å². The van der Waals surface area contributed by atoms with E-state index in [4.69, 9.17) is 9.47 Å². The Bertz CT molecular complexity index is 699. The molecule has 2 rings (SSSR count). The molecule has 0 spiro atoms. The highest BCUT2D eigenvalue weighted by Crippen LogP contribution is 2.33. The first kappa shape index (κ1) is 20.0. The summed E-state index contributed by atoms with van der Waals surface area (Å²) < 4.78 is 49.7. The second-order valence-electron chi connectivity index (χ2n) is 5.80. The van der Waals surface area contributed by atoms with E-state index in [1.165, 1.54) is 6.07 Å². The number of alkyl halides is 3. The number of benzene rings is 2. The number of hydrogen-bond acceptors (Lipinski definition) is 3. The molecule has 0 heterocycles. The molecule has 26 heavy (non-hydrogen) atoms. The van der Waals surface area contributed by atoms with Gasteiger partial charge < -0.3 is 9.47 Å². The molecule has 1 unspecified atom stereocenters. The standard InChI is InChI=1S/C20H21F3O3/c1-2-3-12-25-18(24)14-26-19(15-8-5-4-6-9-15)16-10-7-11-17(13-16)20(21,22)23/h4-11,13,19H,2-3,12,14H2,1H3. The minimum atomic E-state index is -4.45.